The van der Waals surface area contributed by atoms with Gasteiger partial charge in [0.1, 0.15) is 0 Å². The standard InChI is InChI=1S/C13H16ClN5/c1-3-19(4-2)13-17-11(16-12(15)18-13)9-5-7-10(14)8-6-9/h5-8H,3-4H2,1-2H3,(H2,15,16,17,18). The van der Waals surface area contributed by atoms with E-state index in [9.17, 15) is 0 Å². The Labute approximate surface area is 117 Å². The van der Waals surface area contributed by atoms with Gasteiger partial charge in [0.2, 0.25) is 11.9 Å². The molecule has 0 aliphatic heterocycles. The van der Waals surface area contributed by atoms with Gasteiger partial charge in [0.25, 0.3) is 0 Å². The molecule has 0 unspecified atom stereocenters. The minimum Gasteiger partial charge on any atom is -0.368 e. The highest BCUT2D eigenvalue weighted by Crippen LogP contribution is 2.20. The molecule has 2 aromatic rings. The number of nitrogens with two attached hydrogens (primary N) is 1. The van der Waals surface area contributed by atoms with Gasteiger partial charge in [-0.05, 0) is 38.1 Å². The van der Waals surface area contributed by atoms with Gasteiger partial charge in [-0.15, -0.1) is 0 Å². The summed E-state index contributed by atoms with van der Waals surface area (Å²) in [5.41, 5.74) is 6.63. The first-order chi connectivity index (χ1) is 9.13. The first kappa shape index (κ1) is 13.5. The van der Waals surface area contributed by atoms with Gasteiger partial charge >= 0.3 is 0 Å². The molecular weight excluding hydrogens is 262 g/mol. The van der Waals surface area contributed by atoms with Crippen molar-refractivity contribution in [3.05, 3.63) is 29.3 Å². The van der Waals surface area contributed by atoms with Crippen LogP contribution in [-0.2, 0) is 0 Å². The van der Waals surface area contributed by atoms with Crippen LogP contribution in [-0.4, -0.2) is 28.0 Å². The second-order valence-corrected chi connectivity index (χ2v) is 4.43. The zero-order valence-corrected chi connectivity index (χ0v) is 11.7. The average Bonchev–Trinajstić information content (AvgIpc) is 2.40. The van der Waals surface area contributed by atoms with Crippen LogP contribution < -0.4 is 10.6 Å². The quantitative estimate of drug-likeness (QED) is 0.930. The number of benzene rings is 1. The molecule has 19 heavy (non-hydrogen) atoms. The smallest absolute Gasteiger partial charge is 0.230 e. The summed E-state index contributed by atoms with van der Waals surface area (Å²) in [6, 6.07) is 7.33. The minimum atomic E-state index is 0.224. The normalized spacial score (nSPS) is 10.5. The molecule has 2 N–H and O–H groups in total. The molecule has 0 saturated heterocycles. The lowest BCUT2D eigenvalue weighted by molar-refractivity contribution is 0.816. The molecule has 0 fully saturated rings. The maximum atomic E-state index is 5.87. The summed E-state index contributed by atoms with van der Waals surface area (Å²) in [6.45, 7) is 5.73. The third-order valence-electron chi connectivity index (χ3n) is 2.79. The van der Waals surface area contributed by atoms with Gasteiger partial charge in [-0.2, -0.15) is 15.0 Å². The summed E-state index contributed by atoms with van der Waals surface area (Å²) in [6.07, 6.45) is 0. The summed E-state index contributed by atoms with van der Waals surface area (Å²) in [5.74, 6) is 1.38. The summed E-state index contributed by atoms with van der Waals surface area (Å²) in [4.78, 5) is 14.8. The minimum absolute atomic E-state index is 0.224. The molecule has 6 heteroatoms. The molecular formula is C13H16ClN5. The van der Waals surface area contributed by atoms with Crippen molar-refractivity contribution < 1.29 is 0 Å². The molecule has 0 radical (unpaired) electrons. The van der Waals surface area contributed by atoms with Crippen LogP contribution in [0.1, 0.15) is 13.8 Å². The Morgan fingerprint density at radius 2 is 1.68 bits per heavy atom. The van der Waals surface area contributed by atoms with Crippen LogP contribution in [0.3, 0.4) is 0 Å². The second kappa shape index (κ2) is 5.84. The lowest BCUT2D eigenvalue weighted by atomic mass is 10.2. The monoisotopic (exact) mass is 277 g/mol. The van der Waals surface area contributed by atoms with E-state index < -0.39 is 0 Å². The van der Waals surface area contributed by atoms with Gasteiger partial charge in [0.05, 0.1) is 0 Å². The van der Waals surface area contributed by atoms with Gasteiger partial charge in [-0.1, -0.05) is 11.6 Å². The number of halogens is 1. The van der Waals surface area contributed by atoms with Crippen molar-refractivity contribution in [1.29, 1.82) is 0 Å². The fourth-order valence-electron chi connectivity index (χ4n) is 1.76. The molecule has 0 aliphatic rings. The highest BCUT2D eigenvalue weighted by molar-refractivity contribution is 6.30. The maximum Gasteiger partial charge on any atom is 0.230 e. The SMILES string of the molecule is CCN(CC)c1nc(N)nc(-c2ccc(Cl)cc2)n1. The van der Waals surface area contributed by atoms with E-state index in [1.165, 1.54) is 0 Å². The number of nitrogen functional groups attached to an aromatic ring is 1. The van der Waals surface area contributed by atoms with Crippen molar-refractivity contribution in [2.45, 2.75) is 13.8 Å². The first-order valence-electron chi connectivity index (χ1n) is 6.16. The Morgan fingerprint density at radius 1 is 1.05 bits per heavy atom. The van der Waals surface area contributed by atoms with Crippen molar-refractivity contribution >= 4 is 23.5 Å². The molecule has 0 atom stereocenters. The van der Waals surface area contributed by atoms with Gasteiger partial charge in [0, 0.05) is 23.7 Å². The summed E-state index contributed by atoms with van der Waals surface area (Å²) in [7, 11) is 0. The molecule has 2 rings (SSSR count). The zero-order chi connectivity index (χ0) is 13.8. The first-order valence-corrected chi connectivity index (χ1v) is 6.54. The van der Waals surface area contributed by atoms with Crippen molar-refractivity contribution in [2.75, 3.05) is 23.7 Å². The van der Waals surface area contributed by atoms with E-state index in [4.69, 9.17) is 17.3 Å². The van der Waals surface area contributed by atoms with Crippen molar-refractivity contribution in [3.8, 4) is 11.4 Å². The Morgan fingerprint density at radius 3 is 2.26 bits per heavy atom. The molecule has 100 valence electrons. The topological polar surface area (TPSA) is 67.9 Å². The van der Waals surface area contributed by atoms with E-state index in [0.717, 1.165) is 18.7 Å². The number of nitrogens with zero attached hydrogens (tertiary/aromatic N) is 4. The Bertz CT molecular complexity index is 551. The lowest BCUT2D eigenvalue weighted by Gasteiger charge is -2.18. The molecule has 1 aromatic heterocycles. The van der Waals surface area contributed by atoms with Crippen LogP contribution in [0.15, 0.2) is 24.3 Å². The Kier molecular flexibility index (Phi) is 4.16. The van der Waals surface area contributed by atoms with E-state index in [2.05, 4.69) is 15.0 Å². The van der Waals surface area contributed by atoms with Gasteiger partial charge in [-0.3, -0.25) is 0 Å². The molecule has 0 saturated carbocycles. The third-order valence-corrected chi connectivity index (χ3v) is 3.04. The third kappa shape index (κ3) is 3.12. The van der Waals surface area contributed by atoms with E-state index in [0.29, 0.717) is 16.8 Å². The highest BCUT2D eigenvalue weighted by atomic mass is 35.5. The van der Waals surface area contributed by atoms with Crippen LogP contribution in [0.5, 0.6) is 0 Å². The van der Waals surface area contributed by atoms with E-state index in [-0.39, 0.29) is 5.95 Å². The second-order valence-electron chi connectivity index (χ2n) is 4.00. The highest BCUT2D eigenvalue weighted by Gasteiger charge is 2.10. The number of rotatable bonds is 4. The average molecular weight is 278 g/mol. The zero-order valence-electron chi connectivity index (χ0n) is 11.0. The number of aromatic nitrogens is 3. The summed E-state index contributed by atoms with van der Waals surface area (Å²) < 4.78 is 0. The van der Waals surface area contributed by atoms with Crippen molar-refractivity contribution in [3.63, 3.8) is 0 Å². The fourth-order valence-corrected chi connectivity index (χ4v) is 1.88. The van der Waals surface area contributed by atoms with Crippen LogP contribution in [0.4, 0.5) is 11.9 Å². The largest absolute Gasteiger partial charge is 0.368 e. The van der Waals surface area contributed by atoms with E-state index in [1.54, 1.807) is 12.1 Å². The fraction of sp³-hybridized carbons (Fsp3) is 0.308. The van der Waals surface area contributed by atoms with Crippen LogP contribution in [0.2, 0.25) is 5.02 Å². The molecule has 1 aromatic carbocycles. The number of anilines is 2. The molecule has 0 amide bonds. The summed E-state index contributed by atoms with van der Waals surface area (Å²) >= 11 is 5.87. The maximum absolute atomic E-state index is 5.87. The van der Waals surface area contributed by atoms with Crippen LogP contribution in [0.25, 0.3) is 11.4 Å². The van der Waals surface area contributed by atoms with Crippen molar-refractivity contribution in [2.24, 2.45) is 0 Å². The Balaban J connectivity index is 2.44. The molecule has 0 spiro atoms. The molecule has 0 bridgehead atoms. The molecule has 5 nitrogen and oxygen atoms in total. The Hall–Kier alpha value is -1.88. The van der Waals surface area contributed by atoms with Gasteiger partial charge in [0.15, 0.2) is 5.82 Å². The van der Waals surface area contributed by atoms with Gasteiger partial charge in [-0.25, -0.2) is 0 Å². The van der Waals surface area contributed by atoms with Crippen LogP contribution >= 0.6 is 11.6 Å². The van der Waals surface area contributed by atoms with Crippen LogP contribution in [0, 0.1) is 0 Å². The van der Waals surface area contributed by atoms with Gasteiger partial charge < -0.3 is 10.6 Å². The predicted molar refractivity (Wildman–Crippen MR) is 78.2 cm³/mol. The van der Waals surface area contributed by atoms with E-state index >= 15 is 0 Å². The van der Waals surface area contributed by atoms with E-state index in [1.807, 2.05) is 30.9 Å². The van der Waals surface area contributed by atoms with Crippen molar-refractivity contribution in [1.82, 2.24) is 15.0 Å². The summed E-state index contributed by atoms with van der Waals surface area (Å²) in [5, 5.41) is 0.676. The predicted octanol–water partition coefficient (Wildman–Crippen LogP) is 2.62. The lowest BCUT2D eigenvalue weighted by Crippen LogP contribution is -2.25. The number of hydrogen-bond acceptors (Lipinski definition) is 5. The number of hydrogen-bond donors (Lipinski definition) is 1. The molecule has 0 aliphatic carbocycles. The molecule has 1 heterocycles.